The van der Waals surface area contributed by atoms with E-state index in [-0.39, 0.29) is 45.3 Å². The Kier molecular flexibility index (Phi) is 10.2. The third kappa shape index (κ3) is 8.37. The fourth-order valence-corrected chi connectivity index (χ4v) is 8.58. The monoisotopic (exact) mass is 731 g/mol. The Bertz CT molecular complexity index is 1730. The number of hydrogen-bond acceptors (Lipinski definition) is 9. The molecule has 0 spiro atoms. The molecule has 0 bridgehead atoms. The molecule has 3 aliphatic heterocycles. The van der Waals surface area contributed by atoms with Gasteiger partial charge in [-0.1, -0.05) is 37.1 Å². The summed E-state index contributed by atoms with van der Waals surface area (Å²) < 4.78 is 47.8. The Morgan fingerprint density at radius 1 is 1.12 bits per heavy atom. The summed E-state index contributed by atoms with van der Waals surface area (Å²) >= 11 is 0. The number of carbonyl (C=O) groups is 5. The number of carbonyl (C=O) groups excluding carboxylic acids is 5. The van der Waals surface area contributed by atoms with Crippen LogP contribution < -0.4 is 15.4 Å². The molecule has 5 amide bonds. The number of ether oxygens (including phenoxy) is 1. The summed E-state index contributed by atoms with van der Waals surface area (Å²) in [5.74, 6) is -3.65. The van der Waals surface area contributed by atoms with Crippen LogP contribution in [0.4, 0.5) is 9.18 Å². The van der Waals surface area contributed by atoms with Gasteiger partial charge in [-0.25, -0.2) is 17.6 Å². The molecular formula is C35H46FN5O9S. The molecule has 0 radical (unpaired) electrons. The van der Waals surface area contributed by atoms with Gasteiger partial charge in [0.25, 0.3) is 5.91 Å². The molecule has 4 N–H and O–H groups in total. The normalized spacial score (nSPS) is 29.0. The number of fused-ring (bicyclic) bond motifs is 3. The Hall–Kier alpha value is -4.05. The average Bonchev–Trinajstić information content (AvgIpc) is 3.93. The minimum absolute atomic E-state index is 0.00820. The number of aliphatic hydroxyl groups is 1. The summed E-state index contributed by atoms with van der Waals surface area (Å²) in [5.41, 5.74) is -1.88. The quantitative estimate of drug-likeness (QED) is 0.304. The molecule has 5 atom stereocenters. The van der Waals surface area contributed by atoms with Crippen LogP contribution in [0, 0.1) is 11.7 Å². The van der Waals surface area contributed by atoms with Crippen molar-refractivity contribution >= 4 is 39.7 Å². The molecule has 1 aromatic carbocycles. The predicted molar refractivity (Wildman–Crippen MR) is 180 cm³/mol. The van der Waals surface area contributed by atoms with Gasteiger partial charge in [-0.2, -0.15) is 0 Å². The van der Waals surface area contributed by atoms with Crippen molar-refractivity contribution < 1.29 is 46.6 Å². The summed E-state index contributed by atoms with van der Waals surface area (Å²) in [6.45, 7) is 2.85. The molecule has 14 nitrogen and oxygen atoms in total. The first-order chi connectivity index (χ1) is 24.1. The van der Waals surface area contributed by atoms with Gasteiger partial charge in [0.2, 0.25) is 27.7 Å². The maximum absolute atomic E-state index is 14.4. The highest BCUT2D eigenvalue weighted by Crippen LogP contribution is 2.46. The van der Waals surface area contributed by atoms with E-state index in [1.807, 2.05) is 12.2 Å². The molecule has 6 rings (SSSR count). The van der Waals surface area contributed by atoms with Crippen LogP contribution in [0.25, 0.3) is 0 Å². The molecule has 1 aromatic rings. The zero-order chi connectivity index (χ0) is 36.7. The molecule has 0 unspecified atom stereocenters. The number of allylic oxidation sites excluding steroid dienone is 1. The van der Waals surface area contributed by atoms with Crippen molar-refractivity contribution in [2.24, 2.45) is 5.92 Å². The van der Waals surface area contributed by atoms with Crippen LogP contribution in [0.1, 0.15) is 89.2 Å². The highest BCUT2D eigenvalue weighted by atomic mass is 32.2. The van der Waals surface area contributed by atoms with E-state index in [1.165, 1.54) is 29.7 Å². The van der Waals surface area contributed by atoms with E-state index in [9.17, 15) is 41.9 Å². The lowest BCUT2D eigenvalue weighted by atomic mass is 10.0. The first kappa shape index (κ1) is 36.7. The summed E-state index contributed by atoms with van der Waals surface area (Å²) in [6.07, 6.45) is 5.55. The standard InChI is InChI=1S/C35H46FN5O9S/c1-34(2,47)17-29(42)37-27-12-7-5-3-4-6-10-22-16-35(22,32(45)39-51(48,49)24-13-14-24)38-30(43)28-15-23(19-41(28)31(27)44)50-33(46)40-18-21-9-8-11-26(36)25(21)20-40/h6,8-11,22-24,27-28,47H,3-5,7,12-20H2,1-2H3,(H,37,42)(H,38,43)(H,39,45)/b10-6-/t22-,23+,27-,28-,35+/m0/s1. The minimum Gasteiger partial charge on any atom is -0.444 e. The molecule has 3 fully saturated rings. The molecule has 3 heterocycles. The van der Waals surface area contributed by atoms with Gasteiger partial charge in [0.15, 0.2) is 0 Å². The molecule has 2 aliphatic carbocycles. The number of hydrogen-bond donors (Lipinski definition) is 4. The molecule has 51 heavy (non-hydrogen) atoms. The van der Waals surface area contributed by atoms with Crippen LogP contribution in [0.5, 0.6) is 0 Å². The maximum Gasteiger partial charge on any atom is 0.410 e. The van der Waals surface area contributed by atoms with Gasteiger partial charge >= 0.3 is 6.09 Å². The highest BCUT2D eigenvalue weighted by molar-refractivity contribution is 7.91. The van der Waals surface area contributed by atoms with Gasteiger partial charge in [-0.05, 0) is 64.0 Å². The van der Waals surface area contributed by atoms with Crippen molar-refractivity contribution in [2.45, 2.75) is 126 Å². The number of nitrogens with zero attached hydrogens (tertiary/aromatic N) is 2. The summed E-state index contributed by atoms with van der Waals surface area (Å²) in [7, 11) is -3.92. The minimum atomic E-state index is -3.92. The van der Waals surface area contributed by atoms with E-state index >= 15 is 0 Å². The van der Waals surface area contributed by atoms with Crippen molar-refractivity contribution in [3.05, 3.63) is 47.3 Å². The van der Waals surface area contributed by atoms with E-state index in [0.29, 0.717) is 43.2 Å². The van der Waals surface area contributed by atoms with Crippen molar-refractivity contribution in [2.75, 3.05) is 6.54 Å². The smallest absolute Gasteiger partial charge is 0.410 e. The van der Waals surface area contributed by atoms with Crippen LogP contribution in [0.2, 0.25) is 0 Å². The summed E-state index contributed by atoms with van der Waals surface area (Å²) in [5, 5.41) is 15.1. The van der Waals surface area contributed by atoms with Crippen LogP contribution in [0.15, 0.2) is 30.4 Å². The van der Waals surface area contributed by atoms with Gasteiger partial charge < -0.3 is 25.4 Å². The summed E-state index contributed by atoms with van der Waals surface area (Å²) in [6, 6.07) is 2.29. The van der Waals surface area contributed by atoms with Gasteiger partial charge in [0.1, 0.15) is 29.5 Å². The molecule has 16 heteroatoms. The third-order valence-electron chi connectivity index (χ3n) is 10.2. The fraction of sp³-hybridized carbons (Fsp3) is 0.629. The molecule has 5 aliphatic rings. The van der Waals surface area contributed by atoms with Gasteiger partial charge in [-0.3, -0.25) is 28.8 Å². The van der Waals surface area contributed by atoms with E-state index in [1.54, 1.807) is 12.1 Å². The zero-order valence-electron chi connectivity index (χ0n) is 28.9. The molecule has 0 aromatic heterocycles. The fourth-order valence-electron chi connectivity index (χ4n) is 7.21. The van der Waals surface area contributed by atoms with Crippen LogP contribution in [-0.2, 0) is 47.0 Å². The van der Waals surface area contributed by atoms with E-state index in [4.69, 9.17) is 4.74 Å². The first-order valence-electron chi connectivity index (χ1n) is 17.6. The Morgan fingerprint density at radius 3 is 2.59 bits per heavy atom. The highest BCUT2D eigenvalue weighted by Gasteiger charge is 2.62. The van der Waals surface area contributed by atoms with Crippen LogP contribution >= 0.6 is 0 Å². The molecule has 278 valence electrons. The Morgan fingerprint density at radius 2 is 1.88 bits per heavy atom. The number of benzene rings is 1. The number of rotatable bonds is 7. The second kappa shape index (κ2) is 14.2. The predicted octanol–water partition coefficient (Wildman–Crippen LogP) is 1.90. The lowest BCUT2D eigenvalue weighted by molar-refractivity contribution is -0.143. The second-order valence-electron chi connectivity index (χ2n) is 15.1. The molecular weight excluding hydrogens is 685 g/mol. The molecule has 1 saturated heterocycles. The van der Waals surface area contributed by atoms with Gasteiger partial charge in [0.05, 0.1) is 30.4 Å². The number of sulfonamides is 1. The van der Waals surface area contributed by atoms with Crippen molar-refractivity contribution in [3.63, 3.8) is 0 Å². The lowest BCUT2D eigenvalue weighted by Gasteiger charge is -2.30. The van der Waals surface area contributed by atoms with Gasteiger partial charge in [-0.15, -0.1) is 0 Å². The van der Waals surface area contributed by atoms with Crippen molar-refractivity contribution in [1.82, 2.24) is 25.2 Å². The van der Waals surface area contributed by atoms with Crippen LogP contribution in [-0.4, -0.2) is 94.2 Å². The van der Waals surface area contributed by atoms with Crippen molar-refractivity contribution in [1.29, 1.82) is 0 Å². The van der Waals surface area contributed by atoms with Gasteiger partial charge in [0, 0.05) is 24.4 Å². The topological polar surface area (TPSA) is 192 Å². The van der Waals surface area contributed by atoms with Crippen LogP contribution in [0.3, 0.4) is 0 Å². The molecule has 2 saturated carbocycles. The van der Waals surface area contributed by atoms with E-state index < -0.39 is 86.1 Å². The number of amides is 5. The average molecular weight is 732 g/mol. The first-order valence-corrected chi connectivity index (χ1v) is 19.2. The van der Waals surface area contributed by atoms with E-state index in [2.05, 4.69) is 15.4 Å². The maximum atomic E-state index is 14.4. The SMILES string of the molecule is CC(C)(O)CC(=O)N[C@H]1CCCCC/C=C\[C@H]2C[C@@]2(C(=O)NS(=O)(=O)C2CC2)NC(=O)[C@@H]2C[C@@H](OC(=O)N3Cc4cccc(F)c4C3)CN2C1=O. The lowest BCUT2D eigenvalue weighted by Crippen LogP contribution is -2.58. The largest absolute Gasteiger partial charge is 0.444 e. The summed E-state index contributed by atoms with van der Waals surface area (Å²) in [4.78, 5) is 70.8. The Balaban J connectivity index is 1.25. The van der Waals surface area contributed by atoms with Crippen molar-refractivity contribution in [3.8, 4) is 0 Å². The third-order valence-corrected chi connectivity index (χ3v) is 12.0. The van der Waals surface area contributed by atoms with E-state index in [0.717, 1.165) is 6.42 Å². The zero-order valence-corrected chi connectivity index (χ0v) is 29.7. The number of halogens is 1. The Labute approximate surface area is 296 Å². The number of nitrogens with one attached hydrogen (secondary N) is 3. The second-order valence-corrected chi connectivity index (χ2v) is 17.1.